The minimum atomic E-state index is 0.386. The Bertz CT molecular complexity index is 259. The Balaban J connectivity index is 3.00. The summed E-state index contributed by atoms with van der Waals surface area (Å²) in [5.74, 6) is 0. The van der Waals surface area contributed by atoms with Crippen molar-refractivity contribution < 1.29 is 0 Å². The fourth-order valence-corrected chi connectivity index (χ4v) is 3.42. The van der Waals surface area contributed by atoms with Crippen molar-refractivity contribution in [2.75, 3.05) is 13.1 Å². The van der Waals surface area contributed by atoms with Gasteiger partial charge < -0.3 is 5.32 Å². The van der Waals surface area contributed by atoms with E-state index < -0.39 is 0 Å². The molecular formula is C14H27N. The van der Waals surface area contributed by atoms with Crippen molar-refractivity contribution in [1.82, 2.24) is 5.32 Å². The first kappa shape index (κ1) is 12.8. The third-order valence-electron chi connectivity index (χ3n) is 3.79. The highest BCUT2D eigenvalue weighted by Crippen LogP contribution is 2.53. The van der Waals surface area contributed by atoms with E-state index in [1.54, 1.807) is 11.1 Å². The summed E-state index contributed by atoms with van der Waals surface area (Å²) in [6.07, 6.45) is 2.50. The van der Waals surface area contributed by atoms with E-state index in [1.807, 2.05) is 0 Å². The molecule has 0 unspecified atom stereocenters. The van der Waals surface area contributed by atoms with Gasteiger partial charge in [-0.1, -0.05) is 52.7 Å². The maximum atomic E-state index is 3.49. The van der Waals surface area contributed by atoms with Crippen LogP contribution in [0.15, 0.2) is 11.1 Å². The Morgan fingerprint density at radius 1 is 1.00 bits per heavy atom. The average molecular weight is 209 g/mol. The van der Waals surface area contributed by atoms with Crippen LogP contribution in [0.5, 0.6) is 0 Å². The van der Waals surface area contributed by atoms with Gasteiger partial charge in [-0.25, -0.2) is 0 Å². The summed E-state index contributed by atoms with van der Waals surface area (Å²) >= 11 is 0. The highest BCUT2D eigenvalue weighted by molar-refractivity contribution is 5.33. The van der Waals surface area contributed by atoms with Crippen LogP contribution in [0, 0.1) is 10.8 Å². The maximum Gasteiger partial charge on any atom is 0.0172 e. The maximum absolute atomic E-state index is 3.49. The fourth-order valence-electron chi connectivity index (χ4n) is 3.42. The van der Waals surface area contributed by atoms with Crippen LogP contribution >= 0.6 is 0 Å². The fraction of sp³-hybridized carbons (Fsp3) is 0.857. The Kier molecular flexibility index (Phi) is 3.65. The molecule has 1 nitrogen and oxygen atoms in total. The lowest BCUT2D eigenvalue weighted by Crippen LogP contribution is -2.23. The molecule has 0 fully saturated rings. The van der Waals surface area contributed by atoms with Crippen LogP contribution in [-0.4, -0.2) is 13.1 Å². The number of hydrogen-bond acceptors (Lipinski definition) is 1. The van der Waals surface area contributed by atoms with E-state index in [0.717, 1.165) is 13.1 Å². The summed E-state index contributed by atoms with van der Waals surface area (Å²) < 4.78 is 0. The molecule has 0 aromatic heterocycles. The van der Waals surface area contributed by atoms with E-state index in [9.17, 15) is 0 Å². The predicted molar refractivity (Wildman–Crippen MR) is 68.0 cm³/mol. The van der Waals surface area contributed by atoms with E-state index in [-0.39, 0.29) is 0 Å². The van der Waals surface area contributed by atoms with Crippen LogP contribution in [0.4, 0.5) is 0 Å². The second kappa shape index (κ2) is 4.29. The highest BCUT2D eigenvalue weighted by Gasteiger charge is 2.42. The van der Waals surface area contributed by atoms with E-state index in [2.05, 4.69) is 46.9 Å². The van der Waals surface area contributed by atoms with Gasteiger partial charge in [-0.15, -0.1) is 0 Å². The molecule has 0 saturated carbocycles. The lowest BCUT2D eigenvalue weighted by molar-refractivity contribution is 0.311. The summed E-state index contributed by atoms with van der Waals surface area (Å²) in [4.78, 5) is 0. The Hall–Kier alpha value is -0.300. The van der Waals surface area contributed by atoms with Crippen LogP contribution in [0.2, 0.25) is 0 Å². The molecule has 1 aliphatic carbocycles. The first-order valence-electron chi connectivity index (χ1n) is 6.29. The largest absolute Gasteiger partial charge is 0.313 e. The van der Waals surface area contributed by atoms with E-state index in [1.165, 1.54) is 12.8 Å². The number of rotatable bonds is 4. The lowest BCUT2D eigenvalue weighted by Gasteiger charge is -2.26. The van der Waals surface area contributed by atoms with Crippen LogP contribution in [0.25, 0.3) is 0 Å². The minimum Gasteiger partial charge on any atom is -0.313 e. The van der Waals surface area contributed by atoms with Crippen molar-refractivity contribution in [3.05, 3.63) is 11.1 Å². The Morgan fingerprint density at radius 3 is 2.00 bits per heavy atom. The summed E-state index contributed by atoms with van der Waals surface area (Å²) in [6.45, 7) is 16.2. The molecule has 15 heavy (non-hydrogen) atoms. The standard InChI is InChI=1S/C14H27N/c1-7-11-12(9-15-8-2)14(5,6)10-13(11,3)4/h15H,7-10H2,1-6H3. The van der Waals surface area contributed by atoms with Gasteiger partial charge in [-0.05, 0) is 30.2 Å². The molecule has 0 atom stereocenters. The highest BCUT2D eigenvalue weighted by atomic mass is 14.8. The predicted octanol–water partition coefficient (Wildman–Crippen LogP) is 3.76. The zero-order valence-corrected chi connectivity index (χ0v) is 11.3. The molecular weight excluding hydrogens is 182 g/mol. The third kappa shape index (κ3) is 2.44. The van der Waals surface area contributed by atoms with Gasteiger partial charge in [0.05, 0.1) is 0 Å². The molecule has 0 bridgehead atoms. The summed E-state index contributed by atoms with van der Waals surface area (Å²) in [5.41, 5.74) is 4.14. The Morgan fingerprint density at radius 2 is 1.53 bits per heavy atom. The summed E-state index contributed by atoms with van der Waals surface area (Å²) in [5, 5.41) is 3.49. The average Bonchev–Trinajstić information content (AvgIpc) is 2.26. The number of hydrogen-bond donors (Lipinski definition) is 1. The molecule has 0 saturated heterocycles. The van der Waals surface area contributed by atoms with Crippen LogP contribution in [0.1, 0.15) is 54.4 Å². The van der Waals surface area contributed by atoms with Gasteiger partial charge in [0, 0.05) is 6.54 Å². The van der Waals surface area contributed by atoms with E-state index in [0.29, 0.717) is 10.8 Å². The molecule has 1 rings (SSSR count). The van der Waals surface area contributed by atoms with Crippen LogP contribution < -0.4 is 5.32 Å². The second-order valence-corrected chi connectivity index (χ2v) is 6.04. The first-order chi connectivity index (χ1) is 6.85. The number of allylic oxidation sites excluding steroid dienone is 1. The van der Waals surface area contributed by atoms with Gasteiger partial charge in [0.2, 0.25) is 0 Å². The second-order valence-electron chi connectivity index (χ2n) is 6.04. The van der Waals surface area contributed by atoms with Crippen LogP contribution in [0.3, 0.4) is 0 Å². The van der Waals surface area contributed by atoms with Gasteiger partial charge in [0.1, 0.15) is 0 Å². The molecule has 1 aliphatic rings. The van der Waals surface area contributed by atoms with Gasteiger partial charge in [-0.2, -0.15) is 0 Å². The topological polar surface area (TPSA) is 12.0 Å². The van der Waals surface area contributed by atoms with Crippen LogP contribution in [-0.2, 0) is 0 Å². The van der Waals surface area contributed by atoms with Crippen molar-refractivity contribution in [1.29, 1.82) is 0 Å². The minimum absolute atomic E-state index is 0.386. The van der Waals surface area contributed by atoms with Gasteiger partial charge in [0.25, 0.3) is 0 Å². The van der Waals surface area contributed by atoms with Crippen molar-refractivity contribution in [2.45, 2.75) is 54.4 Å². The summed E-state index contributed by atoms with van der Waals surface area (Å²) in [6, 6.07) is 0. The van der Waals surface area contributed by atoms with Crippen molar-refractivity contribution in [2.24, 2.45) is 10.8 Å². The first-order valence-corrected chi connectivity index (χ1v) is 6.29. The monoisotopic (exact) mass is 209 g/mol. The Labute approximate surface area is 95.3 Å². The molecule has 0 spiro atoms. The molecule has 1 heteroatoms. The van der Waals surface area contributed by atoms with Crippen molar-refractivity contribution >= 4 is 0 Å². The molecule has 0 aliphatic heterocycles. The quantitative estimate of drug-likeness (QED) is 0.695. The molecule has 0 aromatic carbocycles. The summed E-state index contributed by atoms with van der Waals surface area (Å²) in [7, 11) is 0. The van der Waals surface area contributed by atoms with E-state index >= 15 is 0 Å². The lowest BCUT2D eigenvalue weighted by atomic mass is 9.79. The third-order valence-corrected chi connectivity index (χ3v) is 3.79. The van der Waals surface area contributed by atoms with E-state index in [4.69, 9.17) is 0 Å². The van der Waals surface area contributed by atoms with Gasteiger partial charge in [-0.3, -0.25) is 0 Å². The van der Waals surface area contributed by atoms with Gasteiger partial charge in [0.15, 0.2) is 0 Å². The van der Waals surface area contributed by atoms with Crippen molar-refractivity contribution in [3.8, 4) is 0 Å². The molecule has 88 valence electrons. The zero-order chi connectivity index (χ0) is 11.7. The molecule has 0 aromatic rings. The smallest absolute Gasteiger partial charge is 0.0172 e. The van der Waals surface area contributed by atoms with Gasteiger partial charge >= 0.3 is 0 Å². The molecule has 0 amide bonds. The SMILES string of the molecule is CCNCC1=C(CC)C(C)(C)CC1(C)C. The molecule has 0 heterocycles. The van der Waals surface area contributed by atoms with Crippen molar-refractivity contribution in [3.63, 3.8) is 0 Å². The molecule has 1 N–H and O–H groups in total. The molecule has 0 radical (unpaired) electrons. The normalized spacial score (nSPS) is 23.6. The number of likely N-dealkylation sites (N-methyl/N-ethyl adjacent to an activating group) is 1. The zero-order valence-electron chi connectivity index (χ0n) is 11.3. The number of nitrogens with one attached hydrogen (secondary N) is 1.